The lowest BCUT2D eigenvalue weighted by molar-refractivity contribution is -0.0266. The summed E-state index contributed by atoms with van der Waals surface area (Å²) in [4.78, 5) is 2.44. The zero-order chi connectivity index (χ0) is 22.6. The van der Waals surface area contributed by atoms with Crippen LogP contribution in [0, 0.1) is 0 Å². The quantitative estimate of drug-likeness (QED) is 0.457. The molecule has 0 atom stereocenters. The van der Waals surface area contributed by atoms with Crippen molar-refractivity contribution in [3.63, 3.8) is 0 Å². The normalized spacial score (nSPS) is 16.5. The lowest BCUT2D eigenvalue weighted by Crippen LogP contribution is -2.44. The molecular formula is C27H29N5O. The summed E-state index contributed by atoms with van der Waals surface area (Å²) in [5.41, 5.74) is 2.05. The third kappa shape index (κ3) is 4.19. The maximum Gasteiger partial charge on any atom is 0.189 e. The Balaban J connectivity index is 1.41. The Morgan fingerprint density at radius 1 is 0.818 bits per heavy atom. The highest BCUT2D eigenvalue weighted by Gasteiger charge is 2.41. The second-order valence-corrected chi connectivity index (χ2v) is 8.86. The van der Waals surface area contributed by atoms with Crippen LogP contribution in [0.3, 0.4) is 0 Å². The van der Waals surface area contributed by atoms with Crippen LogP contribution in [0.4, 0.5) is 0 Å². The molecule has 1 fully saturated rings. The van der Waals surface area contributed by atoms with E-state index in [-0.39, 0.29) is 0 Å². The molecular weight excluding hydrogens is 410 g/mol. The predicted octanol–water partition coefficient (Wildman–Crippen LogP) is 3.91. The van der Waals surface area contributed by atoms with Gasteiger partial charge in [0.2, 0.25) is 0 Å². The molecule has 0 unspecified atom stereocenters. The van der Waals surface area contributed by atoms with Crippen LogP contribution in [0.25, 0.3) is 0 Å². The van der Waals surface area contributed by atoms with E-state index in [9.17, 15) is 5.11 Å². The molecule has 0 saturated carbocycles. The number of benzene rings is 3. The lowest BCUT2D eigenvalue weighted by Gasteiger charge is -2.40. The molecule has 1 aromatic heterocycles. The Morgan fingerprint density at radius 3 is 1.88 bits per heavy atom. The van der Waals surface area contributed by atoms with Gasteiger partial charge >= 0.3 is 0 Å². The van der Waals surface area contributed by atoms with Crippen molar-refractivity contribution in [3.8, 4) is 0 Å². The van der Waals surface area contributed by atoms with Crippen molar-refractivity contribution in [1.82, 2.24) is 25.5 Å². The summed E-state index contributed by atoms with van der Waals surface area (Å²) in [5.74, 6) is 0.678. The highest BCUT2D eigenvalue weighted by molar-refractivity contribution is 5.45. The molecule has 0 bridgehead atoms. The number of rotatable bonds is 7. The van der Waals surface area contributed by atoms with Gasteiger partial charge in [-0.1, -0.05) is 96.2 Å². The molecule has 1 aliphatic rings. The minimum absolute atomic E-state index is 0.511. The molecule has 1 aliphatic heterocycles. The van der Waals surface area contributed by atoms with E-state index in [1.807, 2.05) is 42.5 Å². The zero-order valence-corrected chi connectivity index (χ0v) is 18.6. The smallest absolute Gasteiger partial charge is 0.189 e. The Kier molecular flexibility index (Phi) is 6.03. The highest BCUT2D eigenvalue weighted by Crippen LogP contribution is 2.41. The Labute approximate surface area is 194 Å². The summed E-state index contributed by atoms with van der Waals surface area (Å²) in [7, 11) is 0. The molecule has 1 saturated heterocycles. The summed E-state index contributed by atoms with van der Waals surface area (Å²) < 4.78 is 0. The fourth-order valence-electron chi connectivity index (χ4n) is 5.12. The number of aliphatic hydroxyl groups is 1. The van der Waals surface area contributed by atoms with E-state index in [0.29, 0.717) is 5.82 Å². The average Bonchev–Trinajstić information content (AvgIpc) is 3.43. The molecule has 2 N–H and O–H groups in total. The Bertz CT molecular complexity index is 1090. The Hall–Kier alpha value is -3.35. The van der Waals surface area contributed by atoms with Gasteiger partial charge in [0.05, 0.1) is 11.0 Å². The largest absolute Gasteiger partial charge is 0.385 e. The number of aromatic nitrogens is 4. The third-order valence-corrected chi connectivity index (χ3v) is 7.06. The van der Waals surface area contributed by atoms with Crippen molar-refractivity contribution in [2.75, 3.05) is 19.6 Å². The minimum atomic E-state index is -0.749. The molecule has 0 radical (unpaired) electrons. The number of hydrogen-bond donors (Lipinski definition) is 2. The predicted molar refractivity (Wildman–Crippen MR) is 128 cm³/mol. The molecule has 0 spiro atoms. The van der Waals surface area contributed by atoms with Crippen molar-refractivity contribution < 1.29 is 5.11 Å². The Morgan fingerprint density at radius 2 is 1.36 bits per heavy atom. The van der Waals surface area contributed by atoms with Gasteiger partial charge in [-0.05, 0) is 42.5 Å². The summed E-state index contributed by atoms with van der Waals surface area (Å²) in [6.07, 6.45) is 2.26. The van der Waals surface area contributed by atoms with E-state index in [4.69, 9.17) is 0 Å². The van der Waals surface area contributed by atoms with Gasteiger partial charge in [-0.3, -0.25) is 0 Å². The van der Waals surface area contributed by atoms with E-state index in [2.05, 4.69) is 74.1 Å². The SMILES string of the molecule is OC1(c2ccccc2)CCN(CCC(c2ccccc2)(c2ccccc2)c2nn[nH]n2)CC1. The first-order valence-corrected chi connectivity index (χ1v) is 11.6. The van der Waals surface area contributed by atoms with Crippen LogP contribution < -0.4 is 0 Å². The molecule has 2 heterocycles. The van der Waals surface area contributed by atoms with Crippen molar-refractivity contribution in [1.29, 1.82) is 0 Å². The van der Waals surface area contributed by atoms with Crippen LogP contribution >= 0.6 is 0 Å². The minimum Gasteiger partial charge on any atom is -0.385 e. The summed E-state index contributed by atoms with van der Waals surface area (Å²) in [5, 5.41) is 26.7. The highest BCUT2D eigenvalue weighted by atomic mass is 16.3. The standard InChI is InChI=1S/C27H29N5O/c33-26(22-10-4-1-5-11-22)16-19-32(20-17-26)21-18-27(25-28-30-31-29-25,23-12-6-2-7-13-23)24-14-8-3-9-15-24/h1-15,33H,16-21H2,(H,28,29,30,31). The monoisotopic (exact) mass is 439 g/mol. The van der Waals surface area contributed by atoms with Crippen LogP contribution in [0.1, 0.15) is 41.8 Å². The first kappa shape index (κ1) is 21.5. The number of hydrogen-bond acceptors (Lipinski definition) is 5. The number of tetrazole rings is 1. The van der Waals surface area contributed by atoms with Gasteiger partial charge in [-0.2, -0.15) is 5.21 Å². The molecule has 6 nitrogen and oxygen atoms in total. The zero-order valence-electron chi connectivity index (χ0n) is 18.6. The van der Waals surface area contributed by atoms with E-state index in [0.717, 1.165) is 55.6 Å². The van der Waals surface area contributed by atoms with Crippen LogP contribution in [-0.2, 0) is 11.0 Å². The van der Waals surface area contributed by atoms with Gasteiger partial charge in [0.1, 0.15) is 0 Å². The molecule has 0 amide bonds. The van der Waals surface area contributed by atoms with Crippen LogP contribution in [0.15, 0.2) is 91.0 Å². The molecule has 3 aromatic carbocycles. The van der Waals surface area contributed by atoms with Crippen LogP contribution in [-0.4, -0.2) is 50.3 Å². The van der Waals surface area contributed by atoms with E-state index in [1.54, 1.807) is 0 Å². The number of likely N-dealkylation sites (tertiary alicyclic amines) is 1. The second-order valence-electron chi connectivity index (χ2n) is 8.86. The molecule has 4 aromatic rings. The van der Waals surface area contributed by atoms with Gasteiger partial charge in [-0.15, -0.1) is 10.2 Å². The molecule has 6 heteroatoms. The van der Waals surface area contributed by atoms with Gasteiger partial charge in [0.25, 0.3) is 0 Å². The van der Waals surface area contributed by atoms with Gasteiger partial charge in [0.15, 0.2) is 5.82 Å². The maximum absolute atomic E-state index is 11.2. The fourth-order valence-corrected chi connectivity index (χ4v) is 5.12. The van der Waals surface area contributed by atoms with Gasteiger partial charge in [0, 0.05) is 13.1 Å². The third-order valence-electron chi connectivity index (χ3n) is 7.06. The number of H-pyrrole nitrogens is 1. The second kappa shape index (κ2) is 9.25. The summed E-state index contributed by atoms with van der Waals surface area (Å²) in [6.45, 7) is 2.55. The lowest BCUT2D eigenvalue weighted by atomic mass is 9.71. The molecule has 33 heavy (non-hydrogen) atoms. The number of nitrogens with zero attached hydrogens (tertiary/aromatic N) is 4. The number of nitrogens with one attached hydrogen (secondary N) is 1. The first-order valence-electron chi connectivity index (χ1n) is 11.6. The van der Waals surface area contributed by atoms with E-state index in [1.165, 1.54) is 0 Å². The first-order chi connectivity index (χ1) is 16.2. The van der Waals surface area contributed by atoms with Crippen molar-refractivity contribution in [2.45, 2.75) is 30.3 Å². The van der Waals surface area contributed by atoms with Crippen molar-refractivity contribution in [3.05, 3.63) is 114 Å². The summed E-state index contributed by atoms with van der Waals surface area (Å²) >= 11 is 0. The van der Waals surface area contributed by atoms with Crippen LogP contribution in [0.5, 0.6) is 0 Å². The number of piperidine rings is 1. The maximum atomic E-state index is 11.2. The topological polar surface area (TPSA) is 77.9 Å². The average molecular weight is 440 g/mol. The number of aromatic amines is 1. The van der Waals surface area contributed by atoms with Crippen LogP contribution in [0.2, 0.25) is 0 Å². The van der Waals surface area contributed by atoms with E-state index >= 15 is 0 Å². The van der Waals surface area contributed by atoms with Crippen molar-refractivity contribution in [2.24, 2.45) is 0 Å². The molecule has 168 valence electrons. The van der Waals surface area contributed by atoms with E-state index < -0.39 is 11.0 Å². The molecule has 5 rings (SSSR count). The van der Waals surface area contributed by atoms with Crippen molar-refractivity contribution >= 4 is 0 Å². The molecule has 0 aliphatic carbocycles. The van der Waals surface area contributed by atoms with Gasteiger partial charge < -0.3 is 10.0 Å². The summed E-state index contributed by atoms with van der Waals surface area (Å²) in [6, 6.07) is 31.0. The fraction of sp³-hybridized carbons (Fsp3) is 0.296. The van der Waals surface area contributed by atoms with Gasteiger partial charge in [-0.25, -0.2) is 0 Å².